The fourth-order valence-corrected chi connectivity index (χ4v) is 5.40. The molecule has 0 saturated carbocycles. The highest BCUT2D eigenvalue weighted by Crippen LogP contribution is 2.33. The van der Waals surface area contributed by atoms with Crippen LogP contribution in [-0.4, -0.2) is 52.4 Å². The van der Waals surface area contributed by atoms with Gasteiger partial charge in [-0.15, -0.1) is 0 Å². The molecule has 2 unspecified atom stereocenters. The third-order valence-corrected chi connectivity index (χ3v) is 7.02. The van der Waals surface area contributed by atoms with E-state index in [9.17, 15) is 14.0 Å². The van der Waals surface area contributed by atoms with E-state index in [1.807, 2.05) is 30.3 Å². The molecular weight excluding hydrogens is 477 g/mol. The van der Waals surface area contributed by atoms with Crippen molar-refractivity contribution in [2.45, 2.75) is 51.9 Å². The Labute approximate surface area is 215 Å². The van der Waals surface area contributed by atoms with Crippen molar-refractivity contribution < 1.29 is 14.0 Å². The first-order valence-electron chi connectivity index (χ1n) is 12.0. The minimum absolute atomic E-state index is 0.277. The molecule has 4 rings (SSSR count). The van der Waals surface area contributed by atoms with Crippen LogP contribution in [0.4, 0.5) is 9.52 Å². The van der Waals surface area contributed by atoms with Gasteiger partial charge in [-0.25, -0.2) is 9.37 Å². The van der Waals surface area contributed by atoms with Crippen molar-refractivity contribution in [2.24, 2.45) is 0 Å². The van der Waals surface area contributed by atoms with Crippen LogP contribution in [0, 0.1) is 5.82 Å². The van der Waals surface area contributed by atoms with Gasteiger partial charge in [-0.2, -0.15) is 0 Å². The van der Waals surface area contributed by atoms with Gasteiger partial charge in [-0.1, -0.05) is 41.7 Å². The number of carbonyl (C=O) groups is 2. The molecule has 2 heterocycles. The molecule has 2 aromatic carbocycles. The Hall–Kier alpha value is -3.14. The standard InChI is InChI=1S/C27H32FN5O2S/c1-17-14-33(15-18(2)29-17)16-22-23(19-8-6-5-7-9-19)30-26(36-22)31-25(35)27(3,4)32-24(34)20-10-12-21(28)13-11-20/h5-13,17-18,29H,14-16H2,1-4H3,(H,32,34)(H,30,31,35). The van der Waals surface area contributed by atoms with Gasteiger partial charge < -0.3 is 10.6 Å². The van der Waals surface area contributed by atoms with Gasteiger partial charge in [-0.05, 0) is 52.0 Å². The normalized spacial score (nSPS) is 18.6. The second-order valence-electron chi connectivity index (χ2n) is 9.86. The van der Waals surface area contributed by atoms with E-state index < -0.39 is 17.3 Å². The number of amides is 2. The largest absolute Gasteiger partial charge is 0.338 e. The van der Waals surface area contributed by atoms with Gasteiger partial charge in [0, 0.05) is 47.7 Å². The summed E-state index contributed by atoms with van der Waals surface area (Å²) in [5, 5.41) is 9.66. The maximum Gasteiger partial charge on any atom is 0.252 e. The van der Waals surface area contributed by atoms with E-state index in [1.54, 1.807) is 13.8 Å². The molecule has 1 aliphatic rings. The fraction of sp³-hybridized carbons (Fsp3) is 0.370. The summed E-state index contributed by atoms with van der Waals surface area (Å²) in [6, 6.07) is 15.9. The summed E-state index contributed by atoms with van der Waals surface area (Å²) in [7, 11) is 0. The number of hydrogen-bond acceptors (Lipinski definition) is 6. The van der Waals surface area contributed by atoms with Gasteiger partial charge in [-0.3, -0.25) is 19.8 Å². The Morgan fingerprint density at radius 2 is 1.72 bits per heavy atom. The SMILES string of the molecule is CC1CN(Cc2sc(NC(=O)C(C)(C)NC(=O)c3ccc(F)cc3)nc2-c2ccccc2)CC(C)N1. The van der Waals surface area contributed by atoms with Crippen molar-refractivity contribution in [3.8, 4) is 11.3 Å². The maximum absolute atomic E-state index is 13.2. The monoisotopic (exact) mass is 509 g/mol. The zero-order valence-electron chi connectivity index (χ0n) is 21.0. The van der Waals surface area contributed by atoms with E-state index in [-0.39, 0.29) is 11.5 Å². The summed E-state index contributed by atoms with van der Waals surface area (Å²) in [6.45, 7) is 10.2. The summed E-state index contributed by atoms with van der Waals surface area (Å²) < 4.78 is 13.2. The third-order valence-electron chi connectivity index (χ3n) is 6.07. The summed E-state index contributed by atoms with van der Waals surface area (Å²) >= 11 is 1.45. The van der Waals surface area contributed by atoms with Crippen LogP contribution in [0.2, 0.25) is 0 Å². The first-order chi connectivity index (χ1) is 17.1. The lowest BCUT2D eigenvalue weighted by Crippen LogP contribution is -2.53. The highest BCUT2D eigenvalue weighted by Gasteiger charge is 2.31. The Morgan fingerprint density at radius 3 is 2.36 bits per heavy atom. The molecule has 3 N–H and O–H groups in total. The number of nitrogens with zero attached hydrogens (tertiary/aromatic N) is 2. The molecule has 1 aliphatic heterocycles. The second-order valence-corrected chi connectivity index (χ2v) is 10.9. The van der Waals surface area contributed by atoms with Crippen LogP contribution >= 0.6 is 11.3 Å². The Morgan fingerprint density at radius 1 is 1.08 bits per heavy atom. The van der Waals surface area contributed by atoms with Crippen molar-refractivity contribution in [3.05, 3.63) is 70.9 Å². The number of carbonyl (C=O) groups excluding carboxylic acids is 2. The summed E-state index contributed by atoms with van der Waals surface area (Å²) in [5.74, 6) is -1.27. The predicted molar refractivity (Wildman–Crippen MR) is 141 cm³/mol. The van der Waals surface area contributed by atoms with E-state index in [0.29, 0.717) is 17.2 Å². The molecule has 0 radical (unpaired) electrons. The number of halogens is 1. The molecular formula is C27H32FN5O2S. The number of anilines is 1. The van der Waals surface area contributed by atoms with Crippen molar-refractivity contribution in [1.82, 2.24) is 20.5 Å². The Bertz CT molecular complexity index is 1200. The summed E-state index contributed by atoms with van der Waals surface area (Å²) in [5.41, 5.74) is 0.903. The van der Waals surface area contributed by atoms with Crippen LogP contribution in [0.3, 0.4) is 0 Å². The average molecular weight is 510 g/mol. The molecule has 0 bridgehead atoms. The molecule has 190 valence electrons. The van der Waals surface area contributed by atoms with Crippen LogP contribution < -0.4 is 16.0 Å². The summed E-state index contributed by atoms with van der Waals surface area (Å²) in [6.07, 6.45) is 0. The third kappa shape index (κ3) is 6.34. The number of benzene rings is 2. The molecule has 2 amide bonds. The molecule has 9 heteroatoms. The van der Waals surface area contributed by atoms with Crippen molar-refractivity contribution >= 4 is 28.3 Å². The van der Waals surface area contributed by atoms with E-state index in [4.69, 9.17) is 4.98 Å². The average Bonchev–Trinajstić information content (AvgIpc) is 3.21. The number of piperazine rings is 1. The number of aromatic nitrogens is 1. The molecule has 36 heavy (non-hydrogen) atoms. The number of nitrogens with one attached hydrogen (secondary N) is 3. The molecule has 7 nitrogen and oxygen atoms in total. The Balaban J connectivity index is 1.52. The predicted octanol–water partition coefficient (Wildman–Crippen LogP) is 4.28. The minimum atomic E-state index is -1.21. The first-order valence-corrected chi connectivity index (χ1v) is 12.9. The smallest absolute Gasteiger partial charge is 0.252 e. The van der Waals surface area contributed by atoms with Crippen LogP contribution in [0.1, 0.15) is 42.9 Å². The van der Waals surface area contributed by atoms with Gasteiger partial charge >= 0.3 is 0 Å². The van der Waals surface area contributed by atoms with Gasteiger partial charge in [0.1, 0.15) is 11.4 Å². The van der Waals surface area contributed by atoms with Crippen LogP contribution in [0.5, 0.6) is 0 Å². The lowest BCUT2D eigenvalue weighted by molar-refractivity contribution is -0.120. The van der Waals surface area contributed by atoms with Gasteiger partial charge in [0.15, 0.2) is 5.13 Å². The molecule has 1 aromatic heterocycles. The maximum atomic E-state index is 13.2. The van der Waals surface area contributed by atoms with Crippen molar-refractivity contribution in [2.75, 3.05) is 18.4 Å². The number of hydrogen-bond donors (Lipinski definition) is 3. The zero-order chi connectivity index (χ0) is 25.9. The summed E-state index contributed by atoms with van der Waals surface area (Å²) in [4.78, 5) is 34.0. The lowest BCUT2D eigenvalue weighted by Gasteiger charge is -2.35. The van der Waals surface area contributed by atoms with Crippen molar-refractivity contribution in [3.63, 3.8) is 0 Å². The highest BCUT2D eigenvalue weighted by molar-refractivity contribution is 7.16. The van der Waals surface area contributed by atoms with E-state index in [0.717, 1.165) is 35.8 Å². The topological polar surface area (TPSA) is 86.4 Å². The van der Waals surface area contributed by atoms with E-state index in [2.05, 4.69) is 34.7 Å². The second kappa shape index (κ2) is 10.9. The molecule has 1 saturated heterocycles. The van der Waals surface area contributed by atoms with Gasteiger partial charge in [0.2, 0.25) is 0 Å². The first kappa shape index (κ1) is 25.9. The Kier molecular flexibility index (Phi) is 7.82. The van der Waals surface area contributed by atoms with Crippen LogP contribution in [0.25, 0.3) is 11.3 Å². The van der Waals surface area contributed by atoms with E-state index >= 15 is 0 Å². The zero-order valence-corrected chi connectivity index (χ0v) is 21.8. The molecule has 1 fully saturated rings. The number of rotatable bonds is 7. The van der Waals surface area contributed by atoms with Gasteiger partial charge in [0.05, 0.1) is 5.69 Å². The highest BCUT2D eigenvalue weighted by atomic mass is 32.1. The minimum Gasteiger partial charge on any atom is -0.338 e. The molecule has 0 aliphatic carbocycles. The fourth-order valence-electron chi connectivity index (χ4n) is 4.37. The quantitative estimate of drug-likeness (QED) is 0.443. The molecule has 0 spiro atoms. The van der Waals surface area contributed by atoms with Crippen LogP contribution in [0.15, 0.2) is 54.6 Å². The van der Waals surface area contributed by atoms with E-state index in [1.165, 1.54) is 35.6 Å². The lowest BCUT2D eigenvalue weighted by atomic mass is 10.0. The van der Waals surface area contributed by atoms with Crippen molar-refractivity contribution in [1.29, 1.82) is 0 Å². The van der Waals surface area contributed by atoms with Gasteiger partial charge in [0.25, 0.3) is 11.8 Å². The number of thiazole rings is 1. The van der Waals surface area contributed by atoms with Crippen LogP contribution in [-0.2, 0) is 11.3 Å². The molecule has 3 aromatic rings. The molecule has 2 atom stereocenters.